The second-order valence-electron chi connectivity index (χ2n) is 7.84. The summed E-state index contributed by atoms with van der Waals surface area (Å²) < 4.78 is 2.11. The Labute approximate surface area is 170 Å². The van der Waals surface area contributed by atoms with Gasteiger partial charge in [0.05, 0.1) is 12.4 Å². The van der Waals surface area contributed by atoms with Gasteiger partial charge >= 0.3 is 0 Å². The van der Waals surface area contributed by atoms with Gasteiger partial charge in [-0.3, -0.25) is 4.98 Å². The van der Waals surface area contributed by atoms with Crippen molar-refractivity contribution in [3.63, 3.8) is 0 Å². The average molecular weight is 393 g/mol. The molecule has 3 heterocycles. The van der Waals surface area contributed by atoms with E-state index in [-0.39, 0.29) is 18.3 Å². The Kier molecular flexibility index (Phi) is 5.49. The van der Waals surface area contributed by atoms with Crippen LogP contribution in [0.25, 0.3) is 5.82 Å². The van der Waals surface area contributed by atoms with Gasteiger partial charge in [-0.15, -0.1) is 0 Å². The van der Waals surface area contributed by atoms with E-state index in [0.29, 0.717) is 6.42 Å². The molecule has 2 unspecified atom stereocenters. The topological polar surface area (TPSA) is 78.6 Å². The van der Waals surface area contributed by atoms with Crippen LogP contribution in [-0.4, -0.2) is 44.2 Å². The molecule has 2 N–H and O–H groups in total. The molecule has 2 aromatic rings. The number of pyridine rings is 1. The summed E-state index contributed by atoms with van der Waals surface area (Å²) in [6, 6.07) is 4.25. The summed E-state index contributed by atoms with van der Waals surface area (Å²) >= 11 is 0. The fourth-order valence-electron chi connectivity index (χ4n) is 3.61. The zero-order valence-corrected chi connectivity index (χ0v) is 17.2. The lowest BCUT2D eigenvalue weighted by Crippen LogP contribution is -2.47. The van der Waals surface area contributed by atoms with Crippen LogP contribution in [0.15, 0.2) is 59.6 Å². The number of nitrogens with one attached hydrogen (secondary N) is 1. The van der Waals surface area contributed by atoms with Crippen molar-refractivity contribution in [3.05, 3.63) is 71.1 Å². The smallest absolute Gasteiger partial charge is 0.161 e. The van der Waals surface area contributed by atoms with E-state index in [1.807, 2.05) is 36.8 Å². The predicted octanol–water partition coefficient (Wildman–Crippen LogP) is 1.42. The van der Waals surface area contributed by atoms with Crippen molar-refractivity contribution in [2.75, 3.05) is 13.6 Å². The molecule has 7 heteroatoms. The molecule has 0 radical (unpaired) electrons. The van der Waals surface area contributed by atoms with E-state index in [2.05, 4.69) is 51.7 Å². The molecule has 0 spiro atoms. The molecule has 4 rings (SSSR count). The molecular formula is C22H28N6O. The molecule has 1 aliphatic heterocycles. The summed E-state index contributed by atoms with van der Waals surface area (Å²) in [5.41, 5.74) is 3.17. The van der Waals surface area contributed by atoms with Gasteiger partial charge in [0.1, 0.15) is 17.3 Å². The lowest BCUT2D eigenvalue weighted by atomic mass is 10.0. The Morgan fingerprint density at radius 3 is 2.93 bits per heavy atom. The molecule has 29 heavy (non-hydrogen) atoms. The Morgan fingerprint density at radius 1 is 1.38 bits per heavy atom. The Hall–Kier alpha value is -2.93. The van der Waals surface area contributed by atoms with E-state index in [0.717, 1.165) is 35.2 Å². The molecular weight excluding hydrogens is 364 g/mol. The van der Waals surface area contributed by atoms with Crippen LogP contribution in [0, 0.1) is 0 Å². The second-order valence-corrected chi connectivity index (χ2v) is 7.84. The first-order valence-corrected chi connectivity index (χ1v) is 10.1. The van der Waals surface area contributed by atoms with Gasteiger partial charge in [-0.05, 0) is 32.8 Å². The monoisotopic (exact) mass is 392 g/mol. The fraction of sp³-hybridized carbons (Fsp3) is 0.409. The lowest BCUT2D eigenvalue weighted by Gasteiger charge is -2.28. The average Bonchev–Trinajstić information content (AvgIpc) is 3.17. The van der Waals surface area contributed by atoms with Crippen LogP contribution in [0.4, 0.5) is 0 Å². The van der Waals surface area contributed by atoms with Crippen molar-refractivity contribution in [3.8, 4) is 0 Å². The molecule has 2 aromatic heterocycles. The molecule has 2 atom stereocenters. The summed E-state index contributed by atoms with van der Waals surface area (Å²) in [7, 11) is 2.08. The summed E-state index contributed by atoms with van der Waals surface area (Å²) in [5.74, 6) is 0.976. The number of nitrogens with zero attached hydrogens (tertiary/aromatic N) is 5. The number of rotatable bonds is 6. The third kappa shape index (κ3) is 4.10. The van der Waals surface area contributed by atoms with Gasteiger partial charge in [0.25, 0.3) is 0 Å². The van der Waals surface area contributed by atoms with Crippen LogP contribution in [0.1, 0.15) is 44.5 Å². The predicted molar refractivity (Wildman–Crippen MR) is 112 cm³/mol. The van der Waals surface area contributed by atoms with E-state index in [1.54, 1.807) is 6.20 Å². The van der Waals surface area contributed by atoms with Crippen LogP contribution in [-0.2, 0) is 0 Å². The summed E-state index contributed by atoms with van der Waals surface area (Å²) in [5, 5.41) is 14.1. The quantitative estimate of drug-likeness (QED) is 0.777. The van der Waals surface area contributed by atoms with Gasteiger partial charge in [0, 0.05) is 37.6 Å². The van der Waals surface area contributed by atoms with Gasteiger partial charge < -0.3 is 19.9 Å². The number of allylic oxidation sites excluding steroid dienone is 1. The molecule has 0 aromatic carbocycles. The van der Waals surface area contributed by atoms with Gasteiger partial charge in [-0.1, -0.05) is 29.9 Å². The molecule has 0 saturated carbocycles. The van der Waals surface area contributed by atoms with Crippen LogP contribution in [0.3, 0.4) is 0 Å². The number of aliphatic hydroxyl groups is 1. The van der Waals surface area contributed by atoms with E-state index >= 15 is 0 Å². The second kappa shape index (κ2) is 8.21. The highest BCUT2D eigenvalue weighted by Crippen LogP contribution is 2.19. The first kappa shape index (κ1) is 19.4. The number of hydrogen-bond acceptors (Lipinski definition) is 6. The Balaban J connectivity index is 1.64. The first-order chi connectivity index (χ1) is 14.0. The Bertz CT molecular complexity index is 1040. The third-order valence-electron chi connectivity index (χ3n) is 5.34. The number of aliphatic hydroxyl groups excluding tert-OH is 1. The molecule has 2 aliphatic rings. The van der Waals surface area contributed by atoms with Crippen molar-refractivity contribution in [2.45, 2.75) is 45.0 Å². The van der Waals surface area contributed by atoms with Gasteiger partial charge in [0.15, 0.2) is 5.49 Å². The van der Waals surface area contributed by atoms with Crippen LogP contribution >= 0.6 is 0 Å². The maximum absolute atomic E-state index is 9.62. The summed E-state index contributed by atoms with van der Waals surface area (Å²) in [4.78, 5) is 16.1. The highest BCUT2D eigenvalue weighted by atomic mass is 16.3. The van der Waals surface area contributed by atoms with Crippen molar-refractivity contribution < 1.29 is 5.11 Å². The highest BCUT2D eigenvalue weighted by molar-refractivity contribution is 5.41. The third-order valence-corrected chi connectivity index (χ3v) is 5.34. The van der Waals surface area contributed by atoms with Gasteiger partial charge in [0.2, 0.25) is 0 Å². The minimum Gasteiger partial charge on any atom is -0.389 e. The van der Waals surface area contributed by atoms with Crippen LogP contribution < -0.4 is 16.2 Å². The maximum atomic E-state index is 9.62. The van der Waals surface area contributed by atoms with E-state index in [9.17, 15) is 5.11 Å². The van der Waals surface area contributed by atoms with Crippen LogP contribution in [0.2, 0.25) is 0 Å². The van der Waals surface area contributed by atoms with Crippen molar-refractivity contribution in [1.82, 2.24) is 24.8 Å². The zero-order valence-electron chi connectivity index (χ0n) is 17.2. The standard InChI is InChI=1S/C22H28N6O/c1-15(2)28-14-24-19-21(27(3)12-10-16-6-8-18(29)9-7-16)25-20(26-22(19)28)17-5-4-11-23-13-17/h4-8,11,13-15,18,20,25,29H,9-10,12H2,1-3H3. The van der Waals surface area contributed by atoms with E-state index in [4.69, 9.17) is 4.99 Å². The molecule has 1 aliphatic carbocycles. The summed E-state index contributed by atoms with van der Waals surface area (Å²) in [6.07, 6.45) is 12.5. The number of imidazole rings is 1. The largest absolute Gasteiger partial charge is 0.389 e. The van der Waals surface area contributed by atoms with Crippen molar-refractivity contribution >= 4 is 5.82 Å². The molecule has 0 saturated heterocycles. The SMILES string of the molecule is CC(C)n1cnc2c1=NC(c1cccnc1)NC=2N(C)CCC1=CCC(O)C=C1. The highest BCUT2D eigenvalue weighted by Gasteiger charge is 2.22. The number of hydrogen-bond donors (Lipinski definition) is 2. The minimum absolute atomic E-state index is 0.202. The number of aromatic nitrogens is 3. The zero-order chi connectivity index (χ0) is 20.4. The molecule has 152 valence electrons. The number of fused-ring (bicyclic) bond motifs is 1. The van der Waals surface area contributed by atoms with E-state index in [1.165, 1.54) is 5.57 Å². The Morgan fingerprint density at radius 2 is 2.24 bits per heavy atom. The normalized spacial score (nSPS) is 20.7. The van der Waals surface area contributed by atoms with E-state index < -0.39 is 0 Å². The molecule has 7 nitrogen and oxygen atoms in total. The van der Waals surface area contributed by atoms with Crippen molar-refractivity contribution in [2.24, 2.45) is 4.99 Å². The van der Waals surface area contributed by atoms with Gasteiger partial charge in [-0.25, -0.2) is 9.98 Å². The molecule has 0 amide bonds. The molecule has 0 fully saturated rings. The molecule has 0 bridgehead atoms. The summed E-state index contributed by atoms with van der Waals surface area (Å²) in [6.45, 7) is 5.11. The lowest BCUT2D eigenvalue weighted by molar-refractivity contribution is 0.225. The van der Waals surface area contributed by atoms with Gasteiger partial charge in [-0.2, -0.15) is 0 Å². The fourth-order valence-corrected chi connectivity index (χ4v) is 3.61. The minimum atomic E-state index is -0.352. The first-order valence-electron chi connectivity index (χ1n) is 10.1. The van der Waals surface area contributed by atoms with Crippen LogP contribution in [0.5, 0.6) is 0 Å². The maximum Gasteiger partial charge on any atom is 0.161 e. The van der Waals surface area contributed by atoms with Crippen molar-refractivity contribution in [1.29, 1.82) is 0 Å².